The molecule has 0 bridgehead atoms. The molecule has 0 amide bonds. The largest absolute Gasteiger partial charge is 0.511 e. The second-order valence-corrected chi connectivity index (χ2v) is 4.34. The highest BCUT2D eigenvalue weighted by molar-refractivity contribution is 7.58. The molecule has 0 unspecified atom stereocenters. The first-order valence-electron chi connectivity index (χ1n) is 4.21. The Balaban J connectivity index is 5.11. The number of aliphatic hydroxyl groups is 1. The summed E-state index contributed by atoms with van der Waals surface area (Å²) in [5, 5.41) is 17.5. The molecule has 6 heteroatoms. The molecule has 0 saturated carbocycles. The summed E-state index contributed by atoms with van der Waals surface area (Å²) < 4.78 is 21.7. The molecule has 0 aromatic carbocycles. The lowest BCUT2D eigenvalue weighted by molar-refractivity contribution is 0.226. The van der Waals surface area contributed by atoms with Gasteiger partial charge in [-0.2, -0.15) is 5.26 Å². The van der Waals surface area contributed by atoms with Crippen LogP contribution in [0.1, 0.15) is 20.8 Å². The molecule has 0 fully saturated rings. The van der Waals surface area contributed by atoms with Gasteiger partial charge in [0.1, 0.15) is 11.8 Å². The Bertz CT molecular complexity index is 291. The molecule has 0 aliphatic rings. The van der Waals surface area contributed by atoms with Crippen molar-refractivity contribution < 1.29 is 18.7 Å². The first kappa shape index (κ1) is 13.2. The molecule has 80 valence electrons. The Labute approximate surface area is 83.5 Å². The summed E-state index contributed by atoms with van der Waals surface area (Å²) in [4.78, 5) is 0. The molecular formula is C8H14NO4P. The van der Waals surface area contributed by atoms with Gasteiger partial charge in [0.05, 0.1) is 13.2 Å². The Kier molecular flexibility index (Phi) is 5.47. The van der Waals surface area contributed by atoms with Gasteiger partial charge in [0, 0.05) is 0 Å². The highest BCUT2D eigenvalue weighted by Crippen LogP contribution is 2.56. The van der Waals surface area contributed by atoms with E-state index in [4.69, 9.17) is 19.4 Å². The van der Waals surface area contributed by atoms with Gasteiger partial charge in [-0.15, -0.1) is 0 Å². The molecule has 0 aliphatic carbocycles. The van der Waals surface area contributed by atoms with Gasteiger partial charge in [-0.1, -0.05) is 0 Å². The Hall–Kier alpha value is -0.820. The molecule has 14 heavy (non-hydrogen) atoms. The molecular weight excluding hydrogens is 205 g/mol. The van der Waals surface area contributed by atoms with Gasteiger partial charge in [-0.05, 0) is 20.8 Å². The lowest BCUT2D eigenvalue weighted by Crippen LogP contribution is -1.99. The molecule has 0 aromatic rings. The first-order valence-corrected chi connectivity index (χ1v) is 5.75. The summed E-state index contributed by atoms with van der Waals surface area (Å²) in [6.45, 7) is 4.83. The van der Waals surface area contributed by atoms with Crippen molar-refractivity contribution in [1.82, 2.24) is 0 Å². The van der Waals surface area contributed by atoms with Crippen LogP contribution >= 0.6 is 7.60 Å². The maximum absolute atomic E-state index is 11.9. The minimum atomic E-state index is -3.62. The molecule has 1 N–H and O–H groups in total. The normalized spacial score (nSPS) is 13.3. The van der Waals surface area contributed by atoms with Crippen molar-refractivity contribution in [2.75, 3.05) is 13.2 Å². The van der Waals surface area contributed by atoms with Crippen LogP contribution in [-0.2, 0) is 13.6 Å². The smallest absolute Gasteiger partial charge is 0.375 e. The summed E-state index contributed by atoms with van der Waals surface area (Å²) in [5.74, 6) is -0.335. The van der Waals surface area contributed by atoms with Crippen molar-refractivity contribution in [3.05, 3.63) is 11.1 Å². The van der Waals surface area contributed by atoms with Crippen LogP contribution in [-0.4, -0.2) is 18.3 Å². The summed E-state index contributed by atoms with van der Waals surface area (Å²) in [6.07, 6.45) is 0. The molecule has 0 spiro atoms. The fourth-order valence-corrected chi connectivity index (χ4v) is 2.38. The maximum atomic E-state index is 11.9. The number of nitrogens with zero attached hydrogens (tertiary/aromatic N) is 1. The molecule has 0 heterocycles. The standard InChI is InChI=1S/C8H14NO4P/c1-4-12-14(11,13-5-2)8(6-9)7(3)10/h10H,4-5H2,1-3H3/b8-7+. The van der Waals surface area contributed by atoms with Crippen molar-refractivity contribution in [1.29, 1.82) is 5.26 Å². The second-order valence-electron chi connectivity index (χ2n) is 2.38. The van der Waals surface area contributed by atoms with Gasteiger partial charge >= 0.3 is 7.60 Å². The van der Waals surface area contributed by atoms with Crippen molar-refractivity contribution in [2.24, 2.45) is 0 Å². The molecule has 0 radical (unpaired) electrons. The van der Waals surface area contributed by atoms with Crippen LogP contribution in [0, 0.1) is 11.3 Å². The topological polar surface area (TPSA) is 79.5 Å². The summed E-state index contributed by atoms with van der Waals surface area (Å²) in [6, 6.07) is 1.63. The molecule has 0 atom stereocenters. The van der Waals surface area contributed by atoms with Crippen molar-refractivity contribution in [3.63, 3.8) is 0 Å². The predicted octanol–water partition coefficient (Wildman–Crippen LogP) is 2.57. The monoisotopic (exact) mass is 219 g/mol. The van der Waals surface area contributed by atoms with Crippen LogP contribution in [0.5, 0.6) is 0 Å². The van der Waals surface area contributed by atoms with Gasteiger partial charge in [-0.25, -0.2) is 0 Å². The van der Waals surface area contributed by atoms with Crippen LogP contribution in [0.4, 0.5) is 0 Å². The molecule has 0 aliphatic heterocycles. The zero-order chi connectivity index (χ0) is 11.2. The average Bonchev–Trinajstić information content (AvgIpc) is 2.04. The van der Waals surface area contributed by atoms with E-state index in [0.29, 0.717) is 0 Å². The average molecular weight is 219 g/mol. The third-order valence-corrected chi connectivity index (χ3v) is 3.49. The zero-order valence-corrected chi connectivity index (χ0v) is 9.38. The van der Waals surface area contributed by atoms with Gasteiger partial charge in [0.25, 0.3) is 0 Å². The fraction of sp³-hybridized carbons (Fsp3) is 0.625. The van der Waals surface area contributed by atoms with E-state index >= 15 is 0 Å². The summed E-state index contributed by atoms with van der Waals surface area (Å²) >= 11 is 0. The maximum Gasteiger partial charge on any atom is 0.375 e. The van der Waals surface area contributed by atoms with Crippen molar-refractivity contribution >= 4 is 7.60 Å². The molecule has 0 aromatic heterocycles. The third-order valence-electron chi connectivity index (χ3n) is 1.32. The highest BCUT2D eigenvalue weighted by atomic mass is 31.2. The van der Waals surface area contributed by atoms with E-state index in [-0.39, 0.29) is 24.3 Å². The number of allylic oxidation sites excluding steroid dienone is 2. The van der Waals surface area contributed by atoms with Crippen molar-refractivity contribution in [2.45, 2.75) is 20.8 Å². The predicted molar refractivity (Wildman–Crippen MR) is 51.8 cm³/mol. The van der Waals surface area contributed by atoms with E-state index in [0.717, 1.165) is 0 Å². The summed E-state index contributed by atoms with van der Waals surface area (Å²) in [5.41, 5.74) is 0. The molecule has 0 rings (SSSR count). The SMILES string of the molecule is CCOP(=O)(OCC)/C(C#N)=C(\C)O. The van der Waals surface area contributed by atoms with Gasteiger partial charge in [-0.3, -0.25) is 4.57 Å². The van der Waals surface area contributed by atoms with E-state index in [1.54, 1.807) is 19.9 Å². The number of aliphatic hydroxyl groups excluding tert-OH is 1. The fourth-order valence-electron chi connectivity index (χ4n) is 0.847. The number of nitriles is 1. The highest BCUT2D eigenvalue weighted by Gasteiger charge is 2.32. The second kappa shape index (κ2) is 5.82. The van der Waals surface area contributed by atoms with E-state index < -0.39 is 7.60 Å². The van der Waals surface area contributed by atoms with Crippen LogP contribution in [0.2, 0.25) is 0 Å². The Morgan fingerprint density at radius 3 is 2.07 bits per heavy atom. The lowest BCUT2D eigenvalue weighted by Gasteiger charge is -2.15. The first-order chi connectivity index (χ1) is 6.51. The molecule has 0 saturated heterocycles. The Morgan fingerprint density at radius 1 is 1.43 bits per heavy atom. The van der Waals surface area contributed by atoms with Crippen molar-refractivity contribution in [3.8, 4) is 6.07 Å². The third kappa shape index (κ3) is 3.15. The van der Waals surface area contributed by atoms with Crippen LogP contribution in [0.25, 0.3) is 0 Å². The van der Waals surface area contributed by atoms with Crippen LogP contribution in [0.15, 0.2) is 11.1 Å². The number of hydrogen-bond acceptors (Lipinski definition) is 5. The van der Waals surface area contributed by atoms with Gasteiger partial charge < -0.3 is 14.2 Å². The van der Waals surface area contributed by atoms with E-state index in [1.165, 1.54) is 6.92 Å². The minimum Gasteiger partial charge on any atom is -0.511 e. The van der Waals surface area contributed by atoms with Gasteiger partial charge in [0.2, 0.25) is 0 Å². The molecule has 5 nitrogen and oxygen atoms in total. The zero-order valence-electron chi connectivity index (χ0n) is 8.48. The number of hydrogen-bond donors (Lipinski definition) is 1. The number of rotatable bonds is 5. The van der Waals surface area contributed by atoms with Crippen LogP contribution < -0.4 is 0 Å². The van der Waals surface area contributed by atoms with Crippen LogP contribution in [0.3, 0.4) is 0 Å². The minimum absolute atomic E-state index is 0.149. The summed E-state index contributed by atoms with van der Waals surface area (Å²) in [7, 11) is -3.62. The van der Waals surface area contributed by atoms with Gasteiger partial charge in [0.15, 0.2) is 5.31 Å². The van der Waals surface area contributed by atoms with E-state index in [1.807, 2.05) is 0 Å². The quantitative estimate of drug-likeness (QED) is 0.436. The van der Waals surface area contributed by atoms with E-state index in [2.05, 4.69) is 0 Å². The van der Waals surface area contributed by atoms with E-state index in [9.17, 15) is 4.57 Å². The lowest BCUT2D eigenvalue weighted by atomic mass is 10.5. The Morgan fingerprint density at radius 2 is 1.86 bits per heavy atom.